The first-order valence-corrected chi connectivity index (χ1v) is 5.08. The Morgan fingerprint density at radius 3 is 3.13 bits per heavy atom. The second kappa shape index (κ2) is 4.39. The van der Waals surface area contributed by atoms with Crippen LogP contribution in [0.3, 0.4) is 0 Å². The van der Waals surface area contributed by atoms with Gasteiger partial charge in [-0.15, -0.1) is 5.10 Å². The van der Waals surface area contributed by atoms with Crippen molar-refractivity contribution in [1.29, 1.82) is 0 Å². The van der Waals surface area contributed by atoms with E-state index in [0.29, 0.717) is 6.04 Å². The molecule has 2 rings (SSSR count). The highest BCUT2D eigenvalue weighted by Crippen LogP contribution is 2.09. The van der Waals surface area contributed by atoms with Gasteiger partial charge in [-0.3, -0.25) is 4.79 Å². The second-order valence-corrected chi connectivity index (χ2v) is 3.71. The lowest BCUT2D eigenvalue weighted by molar-refractivity contribution is -0.131. The molecule has 1 aromatic rings. The van der Waals surface area contributed by atoms with Crippen LogP contribution >= 0.6 is 0 Å². The van der Waals surface area contributed by atoms with Crippen LogP contribution in [0.2, 0.25) is 0 Å². The maximum Gasteiger partial charge on any atom is 0.244 e. The van der Waals surface area contributed by atoms with Crippen LogP contribution in [0, 0.1) is 0 Å². The second-order valence-electron chi connectivity index (χ2n) is 3.71. The number of carbonyl (C=O) groups is 1. The van der Waals surface area contributed by atoms with E-state index in [-0.39, 0.29) is 12.5 Å². The van der Waals surface area contributed by atoms with E-state index in [1.165, 1.54) is 0 Å². The van der Waals surface area contributed by atoms with Gasteiger partial charge in [-0.2, -0.15) is 0 Å². The predicted octanol–water partition coefficient (Wildman–Crippen LogP) is -0.902. The van der Waals surface area contributed by atoms with E-state index in [0.717, 1.165) is 19.5 Å². The van der Waals surface area contributed by atoms with Gasteiger partial charge in [0.1, 0.15) is 6.54 Å². The SMILES string of the molecule is CNC1CCN(C(=O)Cn2ccnn2)C1. The van der Waals surface area contributed by atoms with Gasteiger partial charge in [-0.1, -0.05) is 5.21 Å². The summed E-state index contributed by atoms with van der Waals surface area (Å²) in [5.41, 5.74) is 0. The average Bonchev–Trinajstić information content (AvgIpc) is 2.86. The van der Waals surface area contributed by atoms with Gasteiger partial charge in [0.2, 0.25) is 5.91 Å². The van der Waals surface area contributed by atoms with Gasteiger partial charge >= 0.3 is 0 Å². The van der Waals surface area contributed by atoms with Crippen molar-refractivity contribution in [3.05, 3.63) is 12.4 Å². The maximum absolute atomic E-state index is 11.8. The molecule has 2 heterocycles. The highest BCUT2D eigenvalue weighted by molar-refractivity contribution is 5.76. The summed E-state index contributed by atoms with van der Waals surface area (Å²) in [6, 6.07) is 0.435. The van der Waals surface area contributed by atoms with Crippen molar-refractivity contribution >= 4 is 5.91 Å². The highest BCUT2D eigenvalue weighted by atomic mass is 16.2. The molecule has 1 aromatic heterocycles. The zero-order valence-electron chi connectivity index (χ0n) is 8.76. The Kier molecular flexibility index (Phi) is 2.96. The molecule has 0 bridgehead atoms. The number of likely N-dealkylation sites (tertiary alicyclic amines) is 1. The molecule has 6 heteroatoms. The van der Waals surface area contributed by atoms with E-state index in [2.05, 4.69) is 15.6 Å². The summed E-state index contributed by atoms with van der Waals surface area (Å²) in [5, 5.41) is 10.6. The number of nitrogens with one attached hydrogen (secondary N) is 1. The number of hydrogen-bond acceptors (Lipinski definition) is 4. The minimum absolute atomic E-state index is 0.109. The Hall–Kier alpha value is -1.43. The van der Waals surface area contributed by atoms with Crippen molar-refractivity contribution in [2.75, 3.05) is 20.1 Å². The van der Waals surface area contributed by atoms with Gasteiger partial charge in [0, 0.05) is 25.3 Å². The number of likely N-dealkylation sites (N-methyl/N-ethyl adjacent to an activating group) is 1. The van der Waals surface area contributed by atoms with Gasteiger partial charge in [-0.25, -0.2) is 4.68 Å². The van der Waals surface area contributed by atoms with Crippen LogP contribution in [0.5, 0.6) is 0 Å². The molecule has 1 atom stereocenters. The molecular weight excluding hydrogens is 194 g/mol. The maximum atomic E-state index is 11.8. The molecule has 0 aromatic carbocycles. The molecule has 1 unspecified atom stereocenters. The fourth-order valence-corrected chi connectivity index (χ4v) is 1.78. The smallest absolute Gasteiger partial charge is 0.244 e. The molecule has 1 N–H and O–H groups in total. The van der Waals surface area contributed by atoms with Crippen molar-refractivity contribution < 1.29 is 4.79 Å². The van der Waals surface area contributed by atoms with Crippen molar-refractivity contribution in [1.82, 2.24) is 25.2 Å². The van der Waals surface area contributed by atoms with Crippen LogP contribution in [0.1, 0.15) is 6.42 Å². The first kappa shape index (κ1) is 10.1. The van der Waals surface area contributed by atoms with Gasteiger partial charge in [-0.05, 0) is 13.5 Å². The Bertz CT molecular complexity index is 323. The third-order valence-corrected chi connectivity index (χ3v) is 2.72. The Labute approximate surface area is 88.2 Å². The zero-order chi connectivity index (χ0) is 10.7. The standard InChI is InChI=1S/C9H15N5O/c1-10-8-2-4-13(6-8)9(15)7-14-5-3-11-12-14/h3,5,8,10H,2,4,6-7H2,1H3. The lowest BCUT2D eigenvalue weighted by Gasteiger charge is -2.15. The first-order valence-electron chi connectivity index (χ1n) is 5.08. The van der Waals surface area contributed by atoms with Crippen molar-refractivity contribution in [3.8, 4) is 0 Å². The number of rotatable bonds is 3. The largest absolute Gasteiger partial charge is 0.339 e. The predicted molar refractivity (Wildman–Crippen MR) is 54.1 cm³/mol. The molecule has 82 valence electrons. The van der Waals surface area contributed by atoms with Crippen LogP contribution in [0.15, 0.2) is 12.4 Å². The summed E-state index contributed by atoms with van der Waals surface area (Å²) < 4.78 is 1.55. The van der Waals surface area contributed by atoms with E-state index in [1.54, 1.807) is 17.1 Å². The summed E-state index contributed by atoms with van der Waals surface area (Å²) in [7, 11) is 1.93. The van der Waals surface area contributed by atoms with Crippen LogP contribution in [0.25, 0.3) is 0 Å². The fraction of sp³-hybridized carbons (Fsp3) is 0.667. The Balaban J connectivity index is 1.87. The minimum atomic E-state index is 0.109. The molecule has 1 aliphatic heterocycles. The third-order valence-electron chi connectivity index (χ3n) is 2.72. The first-order chi connectivity index (χ1) is 7.29. The number of hydrogen-bond donors (Lipinski definition) is 1. The van der Waals surface area contributed by atoms with Crippen molar-refractivity contribution in [2.45, 2.75) is 19.0 Å². The topological polar surface area (TPSA) is 63.1 Å². The van der Waals surface area contributed by atoms with Crippen LogP contribution < -0.4 is 5.32 Å². The van der Waals surface area contributed by atoms with Crippen LogP contribution in [-0.2, 0) is 11.3 Å². The number of nitrogens with zero attached hydrogens (tertiary/aromatic N) is 4. The lowest BCUT2D eigenvalue weighted by Crippen LogP contribution is -2.35. The summed E-state index contributed by atoms with van der Waals surface area (Å²) in [5.74, 6) is 0.109. The third kappa shape index (κ3) is 2.33. The van der Waals surface area contributed by atoms with Crippen molar-refractivity contribution in [2.24, 2.45) is 0 Å². The zero-order valence-corrected chi connectivity index (χ0v) is 8.76. The molecule has 15 heavy (non-hydrogen) atoms. The molecule has 6 nitrogen and oxygen atoms in total. The number of aromatic nitrogens is 3. The van der Waals surface area contributed by atoms with Gasteiger partial charge in [0.15, 0.2) is 0 Å². The number of amides is 1. The summed E-state index contributed by atoms with van der Waals surface area (Å²) in [4.78, 5) is 13.6. The van der Waals surface area contributed by atoms with Crippen LogP contribution in [-0.4, -0.2) is 52.0 Å². The Morgan fingerprint density at radius 1 is 1.67 bits per heavy atom. The van der Waals surface area contributed by atoms with E-state index in [9.17, 15) is 4.79 Å². The lowest BCUT2D eigenvalue weighted by atomic mass is 10.3. The number of carbonyl (C=O) groups excluding carboxylic acids is 1. The molecule has 1 saturated heterocycles. The minimum Gasteiger partial charge on any atom is -0.339 e. The summed E-state index contributed by atoms with van der Waals surface area (Å²) in [6.45, 7) is 1.92. The van der Waals surface area contributed by atoms with Gasteiger partial charge < -0.3 is 10.2 Å². The van der Waals surface area contributed by atoms with Gasteiger partial charge in [0.05, 0.1) is 6.20 Å². The van der Waals surface area contributed by atoms with Crippen molar-refractivity contribution in [3.63, 3.8) is 0 Å². The summed E-state index contributed by atoms with van der Waals surface area (Å²) in [6.07, 6.45) is 4.30. The molecule has 0 spiro atoms. The molecule has 1 amide bonds. The molecule has 0 saturated carbocycles. The average molecular weight is 209 g/mol. The van der Waals surface area contributed by atoms with Crippen LogP contribution in [0.4, 0.5) is 0 Å². The normalized spacial score (nSPS) is 20.9. The van der Waals surface area contributed by atoms with Gasteiger partial charge in [0.25, 0.3) is 0 Å². The molecule has 0 radical (unpaired) electrons. The molecular formula is C9H15N5O. The van der Waals surface area contributed by atoms with E-state index >= 15 is 0 Å². The fourth-order valence-electron chi connectivity index (χ4n) is 1.78. The molecule has 0 aliphatic carbocycles. The summed E-state index contributed by atoms with van der Waals surface area (Å²) >= 11 is 0. The molecule has 1 fully saturated rings. The highest BCUT2D eigenvalue weighted by Gasteiger charge is 2.24. The van der Waals surface area contributed by atoms with E-state index in [4.69, 9.17) is 0 Å². The van der Waals surface area contributed by atoms with E-state index < -0.39 is 0 Å². The Morgan fingerprint density at radius 2 is 2.53 bits per heavy atom. The van der Waals surface area contributed by atoms with E-state index in [1.807, 2.05) is 11.9 Å². The molecule has 1 aliphatic rings. The monoisotopic (exact) mass is 209 g/mol. The quantitative estimate of drug-likeness (QED) is 0.700.